The van der Waals surface area contributed by atoms with Crippen LogP contribution in [0.5, 0.6) is 0 Å². The van der Waals surface area contributed by atoms with Gasteiger partial charge in [0, 0.05) is 15.4 Å². The molecule has 104 valence electrons. The van der Waals surface area contributed by atoms with Crippen LogP contribution in [0.3, 0.4) is 0 Å². The summed E-state index contributed by atoms with van der Waals surface area (Å²) < 4.78 is 7.27. The molecule has 3 heteroatoms. The Labute approximate surface area is 123 Å². The van der Waals surface area contributed by atoms with Gasteiger partial charge >= 0.3 is 0 Å². The lowest BCUT2D eigenvalue weighted by Crippen LogP contribution is -2.07. The number of rotatable bonds is 4. The largest absolute Gasteiger partial charge is 0.459 e. The number of hydrogen-bond donors (Lipinski definition) is 1. The average Bonchev–Trinajstić information content (AvgIpc) is 2.64. The first kappa shape index (κ1) is 14.6. The molecule has 0 aliphatic rings. The van der Waals surface area contributed by atoms with Gasteiger partial charge < -0.3 is 9.73 Å². The van der Waals surface area contributed by atoms with Crippen LogP contribution >= 0.6 is 15.9 Å². The number of nitrogens with one attached hydrogen (secondary N) is 1. The SMILES string of the molecule is CNCc1oc2cc(C)c(Br)c(C)c2c1CC(C)C. The molecule has 0 fully saturated rings. The quantitative estimate of drug-likeness (QED) is 0.879. The first-order valence-corrected chi connectivity index (χ1v) is 7.59. The van der Waals surface area contributed by atoms with Crippen molar-refractivity contribution in [3.63, 3.8) is 0 Å². The van der Waals surface area contributed by atoms with Gasteiger partial charge in [0.25, 0.3) is 0 Å². The summed E-state index contributed by atoms with van der Waals surface area (Å²) in [5.74, 6) is 1.70. The lowest BCUT2D eigenvalue weighted by molar-refractivity contribution is 0.516. The molecule has 0 unspecified atom stereocenters. The highest BCUT2D eigenvalue weighted by Gasteiger charge is 2.18. The molecule has 2 aromatic rings. The fraction of sp³-hybridized carbons (Fsp3) is 0.500. The van der Waals surface area contributed by atoms with Gasteiger partial charge in [-0.2, -0.15) is 0 Å². The van der Waals surface area contributed by atoms with Crippen molar-refractivity contribution in [3.05, 3.63) is 33.0 Å². The topological polar surface area (TPSA) is 25.2 Å². The van der Waals surface area contributed by atoms with Crippen LogP contribution in [-0.4, -0.2) is 7.05 Å². The molecule has 0 saturated heterocycles. The number of benzene rings is 1. The number of halogens is 1. The molecule has 1 N–H and O–H groups in total. The van der Waals surface area contributed by atoms with Crippen LogP contribution in [0.1, 0.15) is 36.3 Å². The van der Waals surface area contributed by atoms with Crippen LogP contribution in [0, 0.1) is 19.8 Å². The zero-order valence-electron chi connectivity index (χ0n) is 12.4. The van der Waals surface area contributed by atoms with E-state index in [0.29, 0.717) is 5.92 Å². The van der Waals surface area contributed by atoms with Gasteiger partial charge in [0.05, 0.1) is 6.54 Å². The van der Waals surface area contributed by atoms with Crippen LogP contribution < -0.4 is 5.32 Å². The van der Waals surface area contributed by atoms with Gasteiger partial charge in [0.2, 0.25) is 0 Å². The lowest BCUT2D eigenvalue weighted by Gasteiger charge is -2.09. The third-order valence-electron chi connectivity index (χ3n) is 3.47. The molecule has 2 rings (SSSR count). The minimum Gasteiger partial charge on any atom is -0.459 e. The summed E-state index contributed by atoms with van der Waals surface area (Å²) in [6.45, 7) is 9.56. The van der Waals surface area contributed by atoms with Gasteiger partial charge in [-0.15, -0.1) is 0 Å². The van der Waals surface area contributed by atoms with Crippen molar-refractivity contribution in [2.45, 2.75) is 40.7 Å². The van der Waals surface area contributed by atoms with E-state index in [1.165, 1.54) is 26.5 Å². The summed E-state index contributed by atoms with van der Waals surface area (Å²) in [6, 6.07) is 2.13. The van der Waals surface area contributed by atoms with Crippen LogP contribution in [0.2, 0.25) is 0 Å². The predicted molar refractivity (Wildman–Crippen MR) is 84.7 cm³/mol. The van der Waals surface area contributed by atoms with E-state index in [9.17, 15) is 0 Å². The van der Waals surface area contributed by atoms with E-state index in [0.717, 1.165) is 24.3 Å². The van der Waals surface area contributed by atoms with Gasteiger partial charge in [-0.05, 0) is 50.4 Å². The van der Waals surface area contributed by atoms with Crippen molar-refractivity contribution < 1.29 is 4.42 Å². The van der Waals surface area contributed by atoms with Crippen molar-refractivity contribution in [1.29, 1.82) is 0 Å². The van der Waals surface area contributed by atoms with Gasteiger partial charge in [-0.1, -0.05) is 29.8 Å². The fourth-order valence-electron chi connectivity index (χ4n) is 2.64. The van der Waals surface area contributed by atoms with E-state index in [1.807, 2.05) is 7.05 Å². The monoisotopic (exact) mass is 323 g/mol. The predicted octanol–water partition coefficient (Wildman–Crippen LogP) is 4.73. The summed E-state index contributed by atoms with van der Waals surface area (Å²) >= 11 is 3.69. The molecule has 19 heavy (non-hydrogen) atoms. The van der Waals surface area contributed by atoms with Gasteiger partial charge in [0.1, 0.15) is 11.3 Å². The second-order valence-corrected chi connectivity index (χ2v) is 6.43. The first-order valence-electron chi connectivity index (χ1n) is 6.80. The van der Waals surface area contributed by atoms with Crippen molar-refractivity contribution in [3.8, 4) is 0 Å². The highest BCUT2D eigenvalue weighted by atomic mass is 79.9. The van der Waals surface area contributed by atoms with Gasteiger partial charge in [0.15, 0.2) is 0 Å². The Morgan fingerprint density at radius 2 is 2.00 bits per heavy atom. The van der Waals surface area contributed by atoms with E-state index in [2.05, 4.69) is 55.0 Å². The molecule has 0 atom stereocenters. The maximum atomic E-state index is 6.07. The number of hydrogen-bond acceptors (Lipinski definition) is 2. The van der Waals surface area contributed by atoms with E-state index in [1.54, 1.807) is 0 Å². The zero-order valence-corrected chi connectivity index (χ0v) is 13.9. The highest BCUT2D eigenvalue weighted by molar-refractivity contribution is 9.10. The summed E-state index contributed by atoms with van der Waals surface area (Å²) in [5, 5.41) is 4.49. The molecule has 1 aromatic heterocycles. The van der Waals surface area contributed by atoms with E-state index in [4.69, 9.17) is 4.42 Å². The Balaban J connectivity index is 2.72. The number of aryl methyl sites for hydroxylation is 2. The fourth-order valence-corrected chi connectivity index (χ4v) is 2.95. The molecule has 2 nitrogen and oxygen atoms in total. The van der Waals surface area contributed by atoms with Crippen molar-refractivity contribution in [1.82, 2.24) is 5.32 Å². The van der Waals surface area contributed by atoms with Gasteiger partial charge in [-0.25, -0.2) is 0 Å². The standard InChI is InChI=1S/C16H22BrNO/c1-9(2)6-12-14(8-18-5)19-13-7-10(3)16(17)11(4)15(12)13/h7,9,18H,6,8H2,1-5H3. The molecular weight excluding hydrogens is 302 g/mol. The number of fused-ring (bicyclic) bond motifs is 1. The molecule has 0 amide bonds. The third kappa shape index (κ3) is 2.72. The summed E-state index contributed by atoms with van der Waals surface area (Å²) in [5.41, 5.74) is 4.89. The number of furan rings is 1. The normalized spacial score (nSPS) is 11.7. The van der Waals surface area contributed by atoms with Gasteiger partial charge in [-0.3, -0.25) is 0 Å². The third-order valence-corrected chi connectivity index (χ3v) is 4.69. The maximum absolute atomic E-state index is 6.07. The highest BCUT2D eigenvalue weighted by Crippen LogP contribution is 2.36. The van der Waals surface area contributed by atoms with Crippen LogP contribution in [0.4, 0.5) is 0 Å². The van der Waals surface area contributed by atoms with E-state index >= 15 is 0 Å². The second-order valence-electron chi connectivity index (χ2n) is 5.64. The molecule has 1 aromatic carbocycles. The molecule has 1 heterocycles. The smallest absolute Gasteiger partial charge is 0.135 e. The Bertz CT molecular complexity index is 599. The van der Waals surface area contributed by atoms with Crippen molar-refractivity contribution >= 4 is 26.9 Å². The Kier molecular flexibility index (Phi) is 4.36. The maximum Gasteiger partial charge on any atom is 0.135 e. The summed E-state index contributed by atoms with van der Waals surface area (Å²) in [7, 11) is 1.96. The Morgan fingerprint density at radius 3 is 2.58 bits per heavy atom. The Hall–Kier alpha value is -0.800. The van der Waals surface area contributed by atoms with Crippen LogP contribution in [0.15, 0.2) is 15.0 Å². The minimum atomic E-state index is 0.621. The molecule has 0 aliphatic heterocycles. The lowest BCUT2D eigenvalue weighted by atomic mass is 9.96. The second kappa shape index (κ2) is 5.68. The zero-order chi connectivity index (χ0) is 14.2. The Morgan fingerprint density at radius 1 is 1.32 bits per heavy atom. The van der Waals surface area contributed by atoms with E-state index < -0.39 is 0 Å². The molecule has 0 spiro atoms. The molecule has 0 saturated carbocycles. The molecular formula is C16H22BrNO. The molecule has 0 radical (unpaired) electrons. The minimum absolute atomic E-state index is 0.621. The molecule has 0 aliphatic carbocycles. The van der Waals surface area contributed by atoms with Crippen LogP contribution in [-0.2, 0) is 13.0 Å². The first-order chi connectivity index (χ1) is 8.95. The van der Waals surface area contributed by atoms with E-state index in [-0.39, 0.29) is 0 Å². The summed E-state index contributed by atoms with van der Waals surface area (Å²) in [6.07, 6.45) is 1.06. The summed E-state index contributed by atoms with van der Waals surface area (Å²) in [4.78, 5) is 0. The average molecular weight is 324 g/mol. The van der Waals surface area contributed by atoms with Crippen molar-refractivity contribution in [2.75, 3.05) is 7.05 Å². The molecule has 0 bridgehead atoms. The van der Waals surface area contributed by atoms with Crippen molar-refractivity contribution in [2.24, 2.45) is 5.92 Å². The van der Waals surface area contributed by atoms with Crippen LogP contribution in [0.25, 0.3) is 11.0 Å².